The Hall–Kier alpha value is -6.04. The summed E-state index contributed by atoms with van der Waals surface area (Å²) in [5.41, 5.74) is 5.32. The number of Topliss-reactive ketones (excluding diaryl/α,β-unsaturated/α-hetero) is 2. The molecule has 0 saturated heterocycles. The van der Waals surface area contributed by atoms with Gasteiger partial charge in [-0.05, 0) is 131 Å². The molecule has 0 radical (unpaired) electrons. The summed E-state index contributed by atoms with van der Waals surface area (Å²) in [6, 6.07) is 19.0. The van der Waals surface area contributed by atoms with Gasteiger partial charge in [0.25, 0.3) is 0 Å². The number of ether oxygens (including phenoxy) is 8. The van der Waals surface area contributed by atoms with Crippen molar-refractivity contribution in [3.8, 4) is 56.8 Å². The molecule has 2 fully saturated rings. The summed E-state index contributed by atoms with van der Waals surface area (Å²) in [6.45, 7) is 8.00. The molecule has 0 atom stereocenters. The second-order valence-electron chi connectivity index (χ2n) is 18.9. The molecular weight excluding hydrogens is 841 g/mol. The van der Waals surface area contributed by atoms with Gasteiger partial charge >= 0.3 is 11.9 Å². The molecule has 0 amide bonds. The molecule has 0 unspecified atom stereocenters. The number of esters is 2. The average molecular weight is 905 g/mol. The average Bonchev–Trinajstić information content (AvgIpc) is 4.07. The summed E-state index contributed by atoms with van der Waals surface area (Å²) in [5.74, 6) is 3.22. The highest BCUT2D eigenvalue weighted by Gasteiger charge is 2.36. The van der Waals surface area contributed by atoms with E-state index in [0.717, 1.165) is 83.0 Å². The third kappa shape index (κ3) is 10.2. The molecule has 0 aliphatic heterocycles. The van der Waals surface area contributed by atoms with Gasteiger partial charge in [0.05, 0.1) is 45.9 Å². The lowest BCUT2D eigenvalue weighted by Gasteiger charge is -2.28. The number of carbonyl (C=O) groups excluding carboxylic acids is 4. The predicted octanol–water partition coefficient (Wildman–Crippen LogP) is 10.6. The first-order chi connectivity index (χ1) is 31.7. The van der Waals surface area contributed by atoms with Gasteiger partial charge in [-0.2, -0.15) is 0 Å². The van der Waals surface area contributed by atoms with Gasteiger partial charge in [-0.3, -0.25) is 19.2 Å². The molecule has 2 saturated carbocycles. The highest BCUT2D eigenvalue weighted by atomic mass is 16.6. The van der Waals surface area contributed by atoms with Crippen molar-refractivity contribution in [1.29, 1.82) is 0 Å². The first kappa shape index (κ1) is 47.9. The Morgan fingerprint density at radius 3 is 1.39 bits per heavy atom. The topological polar surface area (TPSA) is 142 Å². The number of ketones is 2. The lowest BCUT2D eigenvalue weighted by atomic mass is 9.86. The van der Waals surface area contributed by atoms with E-state index in [0.29, 0.717) is 72.7 Å². The van der Waals surface area contributed by atoms with Crippen molar-refractivity contribution in [3.63, 3.8) is 0 Å². The van der Waals surface area contributed by atoms with E-state index in [2.05, 4.69) is 0 Å². The molecule has 0 heterocycles. The fourth-order valence-electron chi connectivity index (χ4n) is 8.98. The Bertz CT molecular complexity index is 2440. The van der Waals surface area contributed by atoms with Gasteiger partial charge in [-0.25, -0.2) is 0 Å². The number of benzene rings is 4. The van der Waals surface area contributed by atoms with Gasteiger partial charge in [-0.15, -0.1) is 0 Å². The Labute approximate surface area is 388 Å². The first-order valence-electron chi connectivity index (χ1n) is 23.2. The smallest absolute Gasteiger partial charge is 0.315 e. The van der Waals surface area contributed by atoms with Crippen LogP contribution in [-0.4, -0.2) is 77.9 Å². The predicted molar refractivity (Wildman–Crippen MR) is 250 cm³/mol. The summed E-state index contributed by atoms with van der Waals surface area (Å²) in [4.78, 5) is 50.2. The quantitative estimate of drug-likeness (QED) is 0.0931. The van der Waals surface area contributed by atoms with Crippen LogP contribution in [0, 0.1) is 16.7 Å². The number of fused-ring (bicyclic) bond motifs is 2. The maximum atomic E-state index is 12.9. The van der Waals surface area contributed by atoms with Crippen LogP contribution < -0.4 is 28.4 Å². The molecule has 4 aromatic rings. The zero-order chi connectivity index (χ0) is 47.2. The van der Waals surface area contributed by atoms with Gasteiger partial charge in [-0.1, -0.05) is 42.8 Å². The third-order valence-electron chi connectivity index (χ3n) is 13.2. The second kappa shape index (κ2) is 20.6. The fraction of sp³-hybridized carbons (Fsp3) is 0.481. The van der Waals surface area contributed by atoms with Crippen LogP contribution >= 0.6 is 0 Å². The van der Waals surface area contributed by atoms with Crippen LogP contribution in [0.25, 0.3) is 22.3 Å². The van der Waals surface area contributed by atoms with Crippen molar-refractivity contribution in [1.82, 2.24) is 0 Å². The first-order valence-corrected chi connectivity index (χ1v) is 23.2. The van der Waals surface area contributed by atoms with Crippen LogP contribution in [0.3, 0.4) is 0 Å². The van der Waals surface area contributed by atoms with Gasteiger partial charge in [0.2, 0.25) is 11.5 Å². The molecule has 12 nitrogen and oxygen atoms in total. The van der Waals surface area contributed by atoms with Crippen LogP contribution in [0.15, 0.2) is 60.7 Å². The zero-order valence-corrected chi connectivity index (χ0v) is 39.7. The van der Waals surface area contributed by atoms with Crippen molar-refractivity contribution < 1.29 is 57.1 Å². The minimum absolute atomic E-state index is 0.00290. The van der Waals surface area contributed by atoms with Crippen molar-refractivity contribution >= 4 is 23.5 Å². The summed E-state index contributed by atoms with van der Waals surface area (Å²) in [7, 11) is 6.27. The minimum atomic E-state index is -0.845. The van der Waals surface area contributed by atoms with Gasteiger partial charge in [0.1, 0.15) is 19.3 Å². The summed E-state index contributed by atoms with van der Waals surface area (Å²) in [5, 5.41) is 0. The third-order valence-corrected chi connectivity index (χ3v) is 13.2. The minimum Gasteiger partial charge on any atom is -0.493 e. The highest BCUT2D eigenvalue weighted by Crippen LogP contribution is 2.49. The van der Waals surface area contributed by atoms with E-state index in [9.17, 15) is 19.2 Å². The molecule has 352 valence electrons. The maximum absolute atomic E-state index is 12.9. The van der Waals surface area contributed by atoms with Crippen LogP contribution in [-0.2, 0) is 31.9 Å². The molecule has 4 aromatic carbocycles. The molecule has 0 bridgehead atoms. The Morgan fingerprint density at radius 1 is 0.515 bits per heavy atom. The van der Waals surface area contributed by atoms with Gasteiger partial charge in [0.15, 0.2) is 34.6 Å². The lowest BCUT2D eigenvalue weighted by Crippen LogP contribution is -2.35. The molecule has 0 N–H and O–H groups in total. The standard InChI is InChI=1S/2C27H32O6/c1-27(2,26(29)32-15-17-7-5-8-17)16-33-24-21(12-14-23(30-3)25(24)31-4)18-9-6-10-20-19(18)11-13-22(20)28;1-27(2,26(29)33-17-8-5-6-9-17)16-32-24-21(13-15-23(30-3)25(24)31-4)18-10-7-11-20-19(18)12-14-22(20)28/h6,9-10,12,14,17H,5,7-8,11,13,15-16H2,1-4H3;7,10-11,13,15,17H,5-6,8-9,12,14,16H2,1-4H3. The molecule has 0 spiro atoms. The van der Waals surface area contributed by atoms with E-state index in [1.54, 1.807) is 28.4 Å². The summed E-state index contributed by atoms with van der Waals surface area (Å²) in [6.07, 6.45) is 9.91. The Morgan fingerprint density at radius 2 is 0.970 bits per heavy atom. The SMILES string of the molecule is COc1ccc(-c2cccc3c2CCC3=O)c(OCC(C)(C)C(=O)OC2CCCC2)c1OC.COc1ccc(-c2cccc3c2CCC3=O)c(OCC(C)(C)C(=O)OCC2CCC2)c1OC. The van der Waals surface area contributed by atoms with Crippen molar-refractivity contribution in [2.75, 3.05) is 48.3 Å². The van der Waals surface area contributed by atoms with E-state index in [4.69, 9.17) is 37.9 Å². The van der Waals surface area contributed by atoms with Gasteiger partial charge in [0, 0.05) is 35.1 Å². The van der Waals surface area contributed by atoms with Crippen molar-refractivity contribution in [2.24, 2.45) is 16.7 Å². The Kier molecular flexibility index (Phi) is 15.0. The van der Waals surface area contributed by atoms with Crippen LogP contribution in [0.5, 0.6) is 34.5 Å². The molecule has 4 aliphatic rings. The number of hydrogen-bond donors (Lipinski definition) is 0. The normalized spacial score (nSPS) is 15.8. The van der Waals surface area contributed by atoms with E-state index < -0.39 is 10.8 Å². The molecule has 4 aliphatic carbocycles. The number of carbonyl (C=O) groups is 4. The number of methoxy groups -OCH3 is 4. The molecule has 12 heteroatoms. The van der Waals surface area contributed by atoms with Gasteiger partial charge < -0.3 is 37.9 Å². The summed E-state index contributed by atoms with van der Waals surface area (Å²) >= 11 is 0. The largest absolute Gasteiger partial charge is 0.493 e. The van der Waals surface area contributed by atoms with E-state index in [-0.39, 0.29) is 42.8 Å². The zero-order valence-electron chi connectivity index (χ0n) is 39.7. The van der Waals surface area contributed by atoms with Crippen LogP contribution in [0.2, 0.25) is 0 Å². The maximum Gasteiger partial charge on any atom is 0.315 e. The van der Waals surface area contributed by atoms with E-state index in [1.165, 1.54) is 6.42 Å². The van der Waals surface area contributed by atoms with E-state index >= 15 is 0 Å². The number of hydrogen-bond acceptors (Lipinski definition) is 12. The Balaban J connectivity index is 0.000000196. The second-order valence-corrected chi connectivity index (χ2v) is 18.9. The summed E-state index contributed by atoms with van der Waals surface area (Å²) < 4.78 is 46.2. The van der Waals surface area contributed by atoms with E-state index in [1.807, 2.05) is 88.4 Å². The lowest BCUT2D eigenvalue weighted by molar-refractivity contribution is -0.161. The molecule has 8 rings (SSSR count). The van der Waals surface area contributed by atoms with Crippen molar-refractivity contribution in [3.05, 3.63) is 82.9 Å². The molecule has 0 aromatic heterocycles. The monoisotopic (exact) mass is 904 g/mol. The van der Waals surface area contributed by atoms with Crippen molar-refractivity contribution in [2.45, 2.75) is 104 Å². The van der Waals surface area contributed by atoms with Crippen LogP contribution in [0.4, 0.5) is 0 Å². The number of rotatable bonds is 17. The molecular formula is C54H64O12. The molecule has 66 heavy (non-hydrogen) atoms. The van der Waals surface area contributed by atoms with Crippen LogP contribution in [0.1, 0.15) is 117 Å². The fourth-order valence-corrected chi connectivity index (χ4v) is 8.98. The highest BCUT2D eigenvalue weighted by molar-refractivity contribution is 6.03.